The molecule has 2 aromatic carbocycles. The van der Waals surface area contributed by atoms with E-state index in [0.29, 0.717) is 15.6 Å². The maximum Gasteiger partial charge on any atom is 0.382 e. The van der Waals surface area contributed by atoms with Gasteiger partial charge in [0.15, 0.2) is 0 Å². The molecule has 0 saturated carbocycles. The third-order valence-electron chi connectivity index (χ3n) is 2.71. The van der Waals surface area contributed by atoms with Gasteiger partial charge in [0.05, 0.1) is 4.92 Å². The van der Waals surface area contributed by atoms with Crippen molar-refractivity contribution < 1.29 is 17.5 Å². The van der Waals surface area contributed by atoms with Crippen LogP contribution in [0.2, 0.25) is 10.0 Å². The molecular weight excluding hydrogens is 367 g/mol. The number of hydrogen-bond donors (Lipinski definition) is 1. The quantitative estimate of drug-likeness (QED) is 0.615. The summed E-state index contributed by atoms with van der Waals surface area (Å²) in [6.07, 6.45) is 0. The second-order valence-corrected chi connectivity index (χ2v) is 6.55. The zero-order chi connectivity index (χ0) is 17.0. The van der Waals surface area contributed by atoms with Crippen molar-refractivity contribution in [3.8, 4) is 5.75 Å². The summed E-state index contributed by atoms with van der Waals surface area (Å²) in [4.78, 5) is 9.93. The number of benzene rings is 2. The minimum absolute atomic E-state index is 0.0506. The SMILES string of the molecule is O=[N+]([O-])c1ccc(OS(=O)(=O)NCc2ccc(Cl)cc2Cl)cc1. The molecule has 23 heavy (non-hydrogen) atoms. The van der Waals surface area contributed by atoms with Crippen LogP contribution in [-0.2, 0) is 16.8 Å². The van der Waals surface area contributed by atoms with Gasteiger partial charge in [-0.2, -0.15) is 13.1 Å². The number of nitrogens with zero attached hydrogens (tertiary/aromatic N) is 1. The Morgan fingerprint density at radius 1 is 1.13 bits per heavy atom. The van der Waals surface area contributed by atoms with Crippen LogP contribution >= 0.6 is 23.2 Å². The van der Waals surface area contributed by atoms with Crippen LogP contribution in [0.15, 0.2) is 42.5 Å². The van der Waals surface area contributed by atoms with Gasteiger partial charge in [0.25, 0.3) is 5.69 Å². The number of non-ortho nitro benzene ring substituents is 1. The van der Waals surface area contributed by atoms with Crippen molar-refractivity contribution in [2.24, 2.45) is 0 Å². The fourth-order valence-electron chi connectivity index (χ4n) is 1.61. The van der Waals surface area contributed by atoms with Crippen LogP contribution in [0.5, 0.6) is 5.75 Å². The summed E-state index contributed by atoms with van der Waals surface area (Å²) in [7, 11) is -4.10. The van der Waals surface area contributed by atoms with E-state index in [1.54, 1.807) is 12.1 Å². The third-order valence-corrected chi connectivity index (χ3v) is 4.20. The van der Waals surface area contributed by atoms with Crippen LogP contribution in [0, 0.1) is 10.1 Å². The van der Waals surface area contributed by atoms with E-state index < -0.39 is 15.2 Å². The van der Waals surface area contributed by atoms with Crippen molar-refractivity contribution in [1.82, 2.24) is 4.72 Å². The lowest BCUT2D eigenvalue weighted by Gasteiger charge is -2.09. The molecule has 0 aromatic heterocycles. The van der Waals surface area contributed by atoms with Crippen molar-refractivity contribution in [3.63, 3.8) is 0 Å². The monoisotopic (exact) mass is 376 g/mol. The van der Waals surface area contributed by atoms with Crippen LogP contribution in [0.3, 0.4) is 0 Å². The highest BCUT2D eigenvalue weighted by Gasteiger charge is 2.14. The van der Waals surface area contributed by atoms with Crippen molar-refractivity contribution in [3.05, 3.63) is 68.2 Å². The molecule has 0 amide bonds. The second-order valence-electron chi connectivity index (χ2n) is 4.35. The summed E-state index contributed by atoms with van der Waals surface area (Å²) in [5, 5.41) is 11.3. The van der Waals surface area contributed by atoms with Crippen molar-refractivity contribution in [1.29, 1.82) is 0 Å². The molecule has 0 aliphatic rings. The van der Waals surface area contributed by atoms with Crippen LogP contribution < -0.4 is 8.91 Å². The fraction of sp³-hybridized carbons (Fsp3) is 0.0769. The third kappa shape index (κ3) is 5.07. The van der Waals surface area contributed by atoms with Crippen LogP contribution in [0.1, 0.15) is 5.56 Å². The summed E-state index contributed by atoms with van der Waals surface area (Å²) in [6, 6.07) is 9.30. The maximum atomic E-state index is 11.8. The lowest BCUT2D eigenvalue weighted by Crippen LogP contribution is -2.28. The van der Waals surface area contributed by atoms with Gasteiger partial charge in [0, 0.05) is 28.7 Å². The summed E-state index contributed by atoms with van der Waals surface area (Å²) >= 11 is 11.7. The highest BCUT2D eigenvalue weighted by atomic mass is 35.5. The lowest BCUT2D eigenvalue weighted by molar-refractivity contribution is -0.384. The number of rotatable bonds is 6. The van der Waals surface area contributed by atoms with Crippen LogP contribution in [0.4, 0.5) is 5.69 Å². The maximum absolute atomic E-state index is 11.8. The minimum atomic E-state index is -4.10. The van der Waals surface area contributed by atoms with E-state index in [9.17, 15) is 18.5 Å². The van der Waals surface area contributed by atoms with E-state index in [1.807, 2.05) is 0 Å². The summed E-state index contributed by atoms with van der Waals surface area (Å²) in [5.41, 5.74) is 0.350. The number of halogens is 2. The zero-order valence-electron chi connectivity index (χ0n) is 11.4. The van der Waals surface area contributed by atoms with E-state index in [-0.39, 0.29) is 18.0 Å². The Balaban J connectivity index is 2.02. The van der Waals surface area contributed by atoms with Gasteiger partial charge in [0.2, 0.25) is 0 Å². The highest BCUT2D eigenvalue weighted by molar-refractivity contribution is 7.85. The Bertz CT molecular complexity index is 825. The molecule has 0 aliphatic carbocycles. The molecule has 2 aromatic rings. The number of nitro groups is 1. The Kier molecular flexibility index (Phi) is 5.42. The van der Waals surface area contributed by atoms with Crippen molar-refractivity contribution >= 4 is 39.2 Å². The summed E-state index contributed by atoms with van der Waals surface area (Å²) in [5.74, 6) is -0.0506. The lowest BCUT2D eigenvalue weighted by atomic mass is 10.2. The van der Waals surface area contributed by atoms with E-state index in [1.165, 1.54) is 18.2 Å². The van der Waals surface area contributed by atoms with Gasteiger partial charge in [-0.05, 0) is 29.8 Å². The molecule has 0 heterocycles. The van der Waals surface area contributed by atoms with Crippen LogP contribution in [-0.4, -0.2) is 13.3 Å². The largest absolute Gasteiger partial charge is 0.382 e. The van der Waals surface area contributed by atoms with E-state index in [4.69, 9.17) is 27.4 Å². The van der Waals surface area contributed by atoms with Gasteiger partial charge in [-0.1, -0.05) is 29.3 Å². The Morgan fingerprint density at radius 2 is 1.78 bits per heavy atom. The molecule has 1 N–H and O–H groups in total. The first-order valence-corrected chi connectivity index (χ1v) is 8.31. The van der Waals surface area contributed by atoms with E-state index >= 15 is 0 Å². The second kappa shape index (κ2) is 7.14. The molecule has 0 saturated heterocycles. The molecule has 0 unspecified atom stereocenters. The van der Waals surface area contributed by atoms with Gasteiger partial charge in [-0.3, -0.25) is 10.1 Å². The Morgan fingerprint density at radius 3 is 2.35 bits per heavy atom. The molecule has 122 valence electrons. The van der Waals surface area contributed by atoms with Gasteiger partial charge in [-0.15, -0.1) is 0 Å². The molecule has 0 spiro atoms. The number of nitrogens with one attached hydrogen (secondary N) is 1. The minimum Gasteiger partial charge on any atom is -0.371 e. The van der Waals surface area contributed by atoms with Crippen molar-refractivity contribution in [2.75, 3.05) is 0 Å². The van der Waals surface area contributed by atoms with Gasteiger partial charge < -0.3 is 4.18 Å². The molecule has 7 nitrogen and oxygen atoms in total. The van der Waals surface area contributed by atoms with Gasteiger partial charge >= 0.3 is 10.3 Å². The molecule has 0 fully saturated rings. The van der Waals surface area contributed by atoms with E-state index in [0.717, 1.165) is 12.1 Å². The number of nitro benzene ring substituents is 1. The standard InChI is InChI=1S/C13H10Cl2N2O5S/c14-10-2-1-9(13(15)7-10)8-16-23(20,21)22-12-5-3-11(4-6-12)17(18)19/h1-7,16H,8H2. The predicted molar refractivity (Wildman–Crippen MR) is 85.9 cm³/mol. The Hall–Kier alpha value is -1.87. The normalized spacial score (nSPS) is 11.2. The fourth-order valence-corrected chi connectivity index (χ4v) is 2.84. The molecule has 0 atom stereocenters. The van der Waals surface area contributed by atoms with Gasteiger partial charge in [-0.25, -0.2) is 0 Å². The smallest absolute Gasteiger partial charge is 0.371 e. The number of hydrogen-bond acceptors (Lipinski definition) is 5. The average molecular weight is 377 g/mol. The first kappa shape index (κ1) is 17.5. The summed E-state index contributed by atoms with van der Waals surface area (Å²) < 4.78 is 30.7. The highest BCUT2D eigenvalue weighted by Crippen LogP contribution is 2.21. The molecular formula is C13H10Cl2N2O5S. The molecule has 2 rings (SSSR count). The molecule has 0 aliphatic heterocycles. The zero-order valence-corrected chi connectivity index (χ0v) is 13.7. The topological polar surface area (TPSA) is 98.5 Å². The molecule has 10 heteroatoms. The first-order chi connectivity index (χ1) is 10.8. The van der Waals surface area contributed by atoms with Gasteiger partial charge in [0.1, 0.15) is 5.75 Å². The van der Waals surface area contributed by atoms with Crippen molar-refractivity contribution in [2.45, 2.75) is 6.54 Å². The van der Waals surface area contributed by atoms with Crippen LogP contribution in [0.25, 0.3) is 0 Å². The first-order valence-electron chi connectivity index (χ1n) is 6.14. The molecule has 0 bridgehead atoms. The average Bonchev–Trinajstić information content (AvgIpc) is 2.46. The predicted octanol–water partition coefficient (Wildman–Crippen LogP) is 3.32. The van der Waals surface area contributed by atoms with E-state index in [2.05, 4.69) is 4.72 Å². The molecule has 0 radical (unpaired) electrons. The summed E-state index contributed by atoms with van der Waals surface area (Å²) in [6.45, 7) is -0.0919. The Labute approximate surface area is 142 Å².